The van der Waals surface area contributed by atoms with Crippen LogP contribution in [0, 0.1) is 5.82 Å². The highest BCUT2D eigenvalue weighted by atomic mass is 19.1. The Morgan fingerprint density at radius 1 is 1.39 bits per heavy atom. The zero-order chi connectivity index (χ0) is 22.2. The number of aromatic nitrogens is 4. The molecular formula is C21H25FN6O3. The quantitative estimate of drug-likeness (QED) is 0.494. The summed E-state index contributed by atoms with van der Waals surface area (Å²) in [6.07, 6.45) is 4.03. The van der Waals surface area contributed by atoms with Gasteiger partial charge in [0.1, 0.15) is 11.4 Å². The van der Waals surface area contributed by atoms with E-state index >= 15 is 4.39 Å². The van der Waals surface area contributed by atoms with Crippen LogP contribution in [-0.4, -0.2) is 44.2 Å². The van der Waals surface area contributed by atoms with Crippen molar-refractivity contribution in [2.45, 2.75) is 45.3 Å². The van der Waals surface area contributed by atoms with Crippen molar-refractivity contribution in [3.8, 4) is 11.1 Å². The number of aliphatic hydroxyl groups is 1. The molecule has 0 radical (unpaired) electrons. The Morgan fingerprint density at radius 3 is 2.74 bits per heavy atom. The number of nitrogens with one attached hydrogen (secondary N) is 3. The molecule has 9 nitrogen and oxygen atoms in total. The van der Waals surface area contributed by atoms with Crippen LogP contribution in [0.4, 0.5) is 15.1 Å². The summed E-state index contributed by atoms with van der Waals surface area (Å²) in [6, 6.07) is 1.21. The third-order valence-electron chi connectivity index (χ3n) is 5.08. The SMILES string of the molecule is CCNC(=O)Nc1nc2c([C@@H]3CCCO3)c(F)c(-c3cnc(C(C)(C)O)nc3)cc2[nH]1. The summed E-state index contributed by atoms with van der Waals surface area (Å²) in [6.45, 7) is 5.98. The molecule has 10 heteroatoms. The highest BCUT2D eigenvalue weighted by Gasteiger charge is 2.28. The molecule has 0 saturated carbocycles. The zero-order valence-electron chi connectivity index (χ0n) is 17.6. The van der Waals surface area contributed by atoms with Gasteiger partial charge in [-0.2, -0.15) is 0 Å². The summed E-state index contributed by atoms with van der Waals surface area (Å²) in [5, 5.41) is 15.3. The van der Waals surface area contributed by atoms with Crippen molar-refractivity contribution < 1.29 is 19.0 Å². The molecule has 1 saturated heterocycles. The Balaban J connectivity index is 1.82. The molecule has 31 heavy (non-hydrogen) atoms. The fraction of sp³-hybridized carbons (Fsp3) is 0.429. The number of rotatable bonds is 5. The minimum atomic E-state index is -1.20. The molecule has 0 bridgehead atoms. The third kappa shape index (κ3) is 4.21. The van der Waals surface area contributed by atoms with Crippen molar-refractivity contribution in [2.75, 3.05) is 18.5 Å². The standard InChI is InChI=1S/C21H25FN6O3/c1-4-23-20(29)28-19-26-13-8-12(11-9-24-18(25-10-11)21(2,3)30)16(22)15(17(13)27-19)14-6-5-7-31-14/h8-10,14,30H,4-7H2,1-3H3,(H3,23,26,27,28,29)/t14-/m0/s1. The molecule has 3 aromatic rings. The number of nitrogens with zero attached hydrogens (tertiary/aromatic N) is 3. The number of hydrogen-bond donors (Lipinski definition) is 4. The first kappa shape index (κ1) is 21.1. The van der Waals surface area contributed by atoms with E-state index in [1.807, 2.05) is 0 Å². The number of fused-ring (bicyclic) bond motifs is 1. The molecule has 1 fully saturated rings. The largest absolute Gasteiger partial charge is 0.382 e. The van der Waals surface area contributed by atoms with Gasteiger partial charge in [-0.05, 0) is 39.7 Å². The van der Waals surface area contributed by atoms with Gasteiger partial charge in [-0.25, -0.2) is 24.1 Å². The number of halogens is 1. The van der Waals surface area contributed by atoms with E-state index in [0.717, 1.165) is 6.42 Å². The number of aromatic amines is 1. The number of urea groups is 1. The molecule has 2 aromatic heterocycles. The van der Waals surface area contributed by atoms with Gasteiger partial charge in [0.05, 0.1) is 17.1 Å². The van der Waals surface area contributed by atoms with Crippen molar-refractivity contribution in [2.24, 2.45) is 0 Å². The van der Waals surface area contributed by atoms with Gasteiger partial charge in [-0.3, -0.25) is 5.32 Å². The van der Waals surface area contributed by atoms with Crippen LogP contribution in [0.5, 0.6) is 0 Å². The van der Waals surface area contributed by atoms with Crippen LogP contribution < -0.4 is 10.6 Å². The summed E-state index contributed by atoms with van der Waals surface area (Å²) < 4.78 is 21.5. The number of hydrogen-bond acceptors (Lipinski definition) is 6. The summed E-state index contributed by atoms with van der Waals surface area (Å²) in [7, 11) is 0. The van der Waals surface area contributed by atoms with Gasteiger partial charge in [0, 0.05) is 42.2 Å². The molecule has 0 aliphatic carbocycles. The first-order chi connectivity index (χ1) is 14.8. The molecular weight excluding hydrogens is 403 g/mol. The van der Waals surface area contributed by atoms with E-state index in [0.29, 0.717) is 41.7 Å². The lowest BCUT2D eigenvalue weighted by Gasteiger charge is -2.16. The lowest BCUT2D eigenvalue weighted by atomic mass is 9.98. The van der Waals surface area contributed by atoms with Crippen molar-refractivity contribution in [1.82, 2.24) is 25.3 Å². The number of carbonyl (C=O) groups excluding carboxylic acids is 1. The molecule has 1 aliphatic rings. The lowest BCUT2D eigenvalue weighted by Crippen LogP contribution is -2.28. The predicted octanol–water partition coefficient (Wildman–Crippen LogP) is 3.38. The Bertz CT molecular complexity index is 1100. The van der Waals surface area contributed by atoms with Gasteiger partial charge in [-0.15, -0.1) is 0 Å². The predicted molar refractivity (Wildman–Crippen MR) is 113 cm³/mol. The molecule has 1 atom stereocenters. The van der Waals surface area contributed by atoms with Crippen LogP contribution in [0.15, 0.2) is 18.5 Å². The lowest BCUT2D eigenvalue weighted by molar-refractivity contribution is 0.0687. The van der Waals surface area contributed by atoms with E-state index in [9.17, 15) is 9.90 Å². The average molecular weight is 428 g/mol. The van der Waals surface area contributed by atoms with Crippen molar-refractivity contribution in [3.63, 3.8) is 0 Å². The molecule has 4 N–H and O–H groups in total. The summed E-state index contributed by atoms with van der Waals surface area (Å²) in [4.78, 5) is 27.7. The van der Waals surface area contributed by atoms with Gasteiger partial charge < -0.3 is 20.1 Å². The average Bonchev–Trinajstić information content (AvgIpc) is 3.37. The number of carbonyl (C=O) groups is 1. The fourth-order valence-electron chi connectivity index (χ4n) is 3.62. The summed E-state index contributed by atoms with van der Waals surface area (Å²) >= 11 is 0. The molecule has 4 rings (SSSR count). The van der Waals surface area contributed by atoms with Gasteiger partial charge in [0.2, 0.25) is 5.95 Å². The monoisotopic (exact) mass is 428 g/mol. The number of H-pyrrole nitrogens is 1. The van der Waals surface area contributed by atoms with Crippen LogP contribution in [0.25, 0.3) is 22.2 Å². The second-order valence-corrected chi connectivity index (χ2v) is 7.97. The van der Waals surface area contributed by atoms with E-state index in [4.69, 9.17) is 4.74 Å². The first-order valence-corrected chi connectivity index (χ1v) is 10.2. The van der Waals surface area contributed by atoms with E-state index in [-0.39, 0.29) is 17.3 Å². The maximum absolute atomic E-state index is 15.7. The van der Waals surface area contributed by atoms with Crippen LogP contribution in [0.2, 0.25) is 0 Å². The van der Waals surface area contributed by atoms with E-state index < -0.39 is 23.6 Å². The van der Waals surface area contributed by atoms with Crippen molar-refractivity contribution >= 4 is 23.0 Å². The van der Waals surface area contributed by atoms with Crippen molar-refractivity contribution in [3.05, 3.63) is 35.7 Å². The number of amides is 2. The Morgan fingerprint density at radius 2 is 2.13 bits per heavy atom. The van der Waals surface area contributed by atoms with Crippen molar-refractivity contribution in [1.29, 1.82) is 0 Å². The molecule has 1 aromatic carbocycles. The van der Waals surface area contributed by atoms with E-state index in [1.165, 1.54) is 12.4 Å². The molecule has 2 amide bonds. The zero-order valence-corrected chi connectivity index (χ0v) is 17.6. The van der Waals surface area contributed by atoms with Crippen LogP contribution in [0.1, 0.15) is 51.1 Å². The first-order valence-electron chi connectivity index (χ1n) is 10.2. The number of anilines is 1. The highest BCUT2D eigenvalue weighted by Crippen LogP contribution is 2.39. The maximum atomic E-state index is 15.7. The molecule has 3 heterocycles. The van der Waals surface area contributed by atoms with Crippen LogP contribution in [-0.2, 0) is 10.3 Å². The number of benzene rings is 1. The molecule has 0 unspecified atom stereocenters. The Hall–Kier alpha value is -3.11. The molecule has 164 valence electrons. The smallest absolute Gasteiger partial charge is 0.321 e. The number of imidazole rings is 1. The second-order valence-electron chi connectivity index (χ2n) is 7.97. The van der Waals surface area contributed by atoms with Gasteiger partial charge in [0.25, 0.3) is 0 Å². The van der Waals surface area contributed by atoms with Crippen LogP contribution >= 0.6 is 0 Å². The third-order valence-corrected chi connectivity index (χ3v) is 5.08. The minimum Gasteiger partial charge on any atom is -0.382 e. The molecule has 0 spiro atoms. The van der Waals surface area contributed by atoms with E-state index in [1.54, 1.807) is 26.8 Å². The van der Waals surface area contributed by atoms with Gasteiger partial charge in [-0.1, -0.05) is 0 Å². The van der Waals surface area contributed by atoms with E-state index in [2.05, 4.69) is 30.6 Å². The minimum absolute atomic E-state index is 0.213. The second kappa shape index (κ2) is 8.20. The van der Waals surface area contributed by atoms with Gasteiger partial charge in [0.15, 0.2) is 5.82 Å². The normalized spacial score (nSPS) is 16.6. The van der Waals surface area contributed by atoms with Crippen LogP contribution in [0.3, 0.4) is 0 Å². The Kier molecular flexibility index (Phi) is 5.59. The number of ether oxygens (including phenoxy) is 1. The summed E-state index contributed by atoms with van der Waals surface area (Å²) in [5.74, 6) is -0.00695. The highest BCUT2D eigenvalue weighted by molar-refractivity contribution is 5.92. The Labute approximate surface area is 178 Å². The van der Waals surface area contributed by atoms with Gasteiger partial charge >= 0.3 is 6.03 Å². The molecule has 1 aliphatic heterocycles. The topological polar surface area (TPSA) is 125 Å². The summed E-state index contributed by atoms with van der Waals surface area (Å²) in [5.41, 5.74) is 0.853. The maximum Gasteiger partial charge on any atom is 0.321 e. The fourth-order valence-corrected chi connectivity index (χ4v) is 3.62.